The smallest absolute Gasteiger partial charge is 0.243 e. The maximum atomic E-state index is 12.6. The standard InChI is InChI=1S/C23H47N7O4/c24-13-5-1-3-7-16-27-20(31)12-11-19(30-21(32)10-9-15-26)23(34)29-18-22(33)28-17-8-4-2-6-14-25/h19H,1-18,24-26H2,(H,27,31)(H,28,33)(H,29,34)(H,30,32)/t19-/m1/s1. The van der Waals surface area contributed by atoms with E-state index in [0.717, 1.165) is 51.4 Å². The van der Waals surface area contributed by atoms with Crippen molar-refractivity contribution in [3.8, 4) is 0 Å². The third kappa shape index (κ3) is 19.2. The van der Waals surface area contributed by atoms with Crippen molar-refractivity contribution in [1.29, 1.82) is 0 Å². The van der Waals surface area contributed by atoms with E-state index in [9.17, 15) is 19.2 Å². The van der Waals surface area contributed by atoms with Gasteiger partial charge in [-0.15, -0.1) is 0 Å². The van der Waals surface area contributed by atoms with Crippen molar-refractivity contribution in [1.82, 2.24) is 21.3 Å². The second kappa shape index (κ2) is 22.5. The van der Waals surface area contributed by atoms with E-state index in [2.05, 4.69) is 21.3 Å². The summed E-state index contributed by atoms with van der Waals surface area (Å²) in [6.07, 6.45) is 8.62. The van der Waals surface area contributed by atoms with E-state index in [4.69, 9.17) is 17.2 Å². The molecule has 0 aromatic rings. The van der Waals surface area contributed by atoms with E-state index in [1.165, 1.54) is 0 Å². The molecule has 0 aliphatic carbocycles. The van der Waals surface area contributed by atoms with Gasteiger partial charge in [0.25, 0.3) is 0 Å². The van der Waals surface area contributed by atoms with Crippen molar-refractivity contribution in [2.45, 2.75) is 83.1 Å². The number of amides is 4. The molecule has 0 unspecified atom stereocenters. The number of rotatable bonds is 22. The summed E-state index contributed by atoms with van der Waals surface area (Å²) in [5, 5.41) is 10.8. The van der Waals surface area contributed by atoms with Crippen molar-refractivity contribution in [3.05, 3.63) is 0 Å². The van der Waals surface area contributed by atoms with Crippen LogP contribution in [0.15, 0.2) is 0 Å². The van der Waals surface area contributed by atoms with Gasteiger partial charge >= 0.3 is 0 Å². The van der Waals surface area contributed by atoms with Gasteiger partial charge in [0, 0.05) is 25.9 Å². The molecular formula is C23H47N7O4. The Balaban J connectivity index is 4.42. The molecule has 0 radical (unpaired) electrons. The fourth-order valence-electron chi connectivity index (χ4n) is 3.22. The van der Waals surface area contributed by atoms with Gasteiger partial charge in [0.1, 0.15) is 6.04 Å². The van der Waals surface area contributed by atoms with E-state index in [-0.39, 0.29) is 43.5 Å². The Hall–Kier alpha value is -2.24. The predicted molar refractivity (Wildman–Crippen MR) is 134 cm³/mol. The molecule has 4 amide bonds. The topological polar surface area (TPSA) is 194 Å². The zero-order valence-corrected chi connectivity index (χ0v) is 20.7. The third-order valence-electron chi connectivity index (χ3n) is 5.25. The molecule has 0 aromatic heterocycles. The van der Waals surface area contributed by atoms with Crippen LogP contribution in [0.25, 0.3) is 0 Å². The highest BCUT2D eigenvalue weighted by Crippen LogP contribution is 2.02. The zero-order valence-electron chi connectivity index (χ0n) is 20.7. The molecule has 0 aromatic carbocycles. The molecule has 0 saturated carbocycles. The van der Waals surface area contributed by atoms with E-state index in [0.29, 0.717) is 39.1 Å². The number of carbonyl (C=O) groups excluding carboxylic acids is 4. The number of hydrogen-bond donors (Lipinski definition) is 7. The summed E-state index contributed by atoms with van der Waals surface area (Å²) >= 11 is 0. The molecule has 0 bridgehead atoms. The average Bonchev–Trinajstić information content (AvgIpc) is 2.83. The third-order valence-corrected chi connectivity index (χ3v) is 5.25. The summed E-state index contributed by atoms with van der Waals surface area (Å²) in [6, 6.07) is -0.898. The van der Waals surface area contributed by atoms with Crippen LogP contribution >= 0.6 is 0 Å². The van der Waals surface area contributed by atoms with E-state index >= 15 is 0 Å². The number of nitrogens with one attached hydrogen (secondary N) is 4. The highest BCUT2D eigenvalue weighted by molar-refractivity contribution is 5.91. The Morgan fingerprint density at radius 3 is 1.65 bits per heavy atom. The second-order valence-electron chi connectivity index (χ2n) is 8.37. The Kier molecular flexibility index (Phi) is 21.1. The molecule has 0 fully saturated rings. The molecule has 11 nitrogen and oxygen atoms in total. The molecule has 198 valence electrons. The number of nitrogens with two attached hydrogens (primary N) is 3. The summed E-state index contributed by atoms with van der Waals surface area (Å²) in [6.45, 7) is 2.61. The van der Waals surface area contributed by atoms with E-state index in [1.54, 1.807) is 0 Å². The van der Waals surface area contributed by atoms with Gasteiger partial charge in [-0.05, 0) is 58.2 Å². The maximum Gasteiger partial charge on any atom is 0.243 e. The lowest BCUT2D eigenvalue weighted by atomic mass is 10.1. The van der Waals surface area contributed by atoms with Gasteiger partial charge in [0.15, 0.2) is 0 Å². The summed E-state index contributed by atoms with van der Waals surface area (Å²) < 4.78 is 0. The SMILES string of the molecule is NCCCCCCNC(=O)CC[C@@H](NC(=O)CCCN)C(=O)NCC(=O)NCCCCCCN. The lowest BCUT2D eigenvalue weighted by Crippen LogP contribution is -2.49. The summed E-state index contributed by atoms with van der Waals surface area (Å²) in [5.41, 5.74) is 16.3. The summed E-state index contributed by atoms with van der Waals surface area (Å²) in [4.78, 5) is 48.8. The van der Waals surface area contributed by atoms with Gasteiger partial charge in [-0.3, -0.25) is 19.2 Å². The van der Waals surface area contributed by atoms with Crippen LogP contribution in [-0.2, 0) is 19.2 Å². The quantitative estimate of drug-likeness (QED) is 0.0992. The van der Waals surface area contributed by atoms with Gasteiger partial charge in [-0.1, -0.05) is 25.7 Å². The summed E-state index contributed by atoms with van der Waals surface area (Å²) in [5.74, 6) is -1.28. The van der Waals surface area contributed by atoms with Crippen LogP contribution in [0.1, 0.15) is 77.0 Å². The first-order valence-electron chi connectivity index (χ1n) is 12.6. The molecule has 1 atom stereocenters. The van der Waals surface area contributed by atoms with Crippen molar-refractivity contribution in [2.24, 2.45) is 17.2 Å². The van der Waals surface area contributed by atoms with Crippen LogP contribution in [-0.4, -0.2) is 68.9 Å². The molecular weight excluding hydrogens is 438 g/mol. The van der Waals surface area contributed by atoms with Gasteiger partial charge < -0.3 is 38.5 Å². The predicted octanol–water partition coefficient (Wildman–Crippen LogP) is -0.623. The Morgan fingerprint density at radius 1 is 0.559 bits per heavy atom. The van der Waals surface area contributed by atoms with Crippen LogP contribution in [0.4, 0.5) is 0 Å². The molecule has 10 N–H and O–H groups in total. The normalized spacial score (nSPS) is 11.5. The maximum absolute atomic E-state index is 12.6. The molecule has 11 heteroatoms. The summed E-state index contributed by atoms with van der Waals surface area (Å²) in [7, 11) is 0. The Morgan fingerprint density at radius 2 is 1.09 bits per heavy atom. The fourth-order valence-corrected chi connectivity index (χ4v) is 3.22. The van der Waals surface area contributed by atoms with Crippen LogP contribution < -0.4 is 38.5 Å². The number of carbonyl (C=O) groups is 4. The molecule has 0 spiro atoms. The monoisotopic (exact) mass is 485 g/mol. The highest BCUT2D eigenvalue weighted by Gasteiger charge is 2.22. The van der Waals surface area contributed by atoms with E-state index in [1.807, 2.05) is 0 Å². The van der Waals surface area contributed by atoms with Crippen LogP contribution in [0.3, 0.4) is 0 Å². The Bertz CT molecular complexity index is 576. The van der Waals surface area contributed by atoms with Crippen LogP contribution in [0, 0.1) is 0 Å². The average molecular weight is 486 g/mol. The van der Waals surface area contributed by atoms with Crippen molar-refractivity contribution in [2.75, 3.05) is 39.3 Å². The van der Waals surface area contributed by atoms with Gasteiger partial charge in [-0.2, -0.15) is 0 Å². The lowest BCUT2D eigenvalue weighted by molar-refractivity contribution is -0.131. The van der Waals surface area contributed by atoms with Gasteiger partial charge in [-0.25, -0.2) is 0 Å². The molecule has 0 rings (SSSR count). The first-order chi connectivity index (χ1) is 16.4. The Labute approximate surface area is 204 Å². The lowest BCUT2D eigenvalue weighted by Gasteiger charge is -2.18. The highest BCUT2D eigenvalue weighted by atomic mass is 16.2. The molecule has 0 aliphatic heterocycles. The first-order valence-corrected chi connectivity index (χ1v) is 12.6. The molecule has 0 heterocycles. The minimum Gasteiger partial charge on any atom is -0.356 e. The van der Waals surface area contributed by atoms with Crippen LogP contribution in [0.5, 0.6) is 0 Å². The second-order valence-corrected chi connectivity index (χ2v) is 8.37. The zero-order chi connectivity index (χ0) is 25.4. The van der Waals surface area contributed by atoms with Crippen molar-refractivity contribution >= 4 is 23.6 Å². The molecule has 0 aliphatic rings. The van der Waals surface area contributed by atoms with Gasteiger partial charge in [0.2, 0.25) is 23.6 Å². The minimum atomic E-state index is -0.898. The minimum absolute atomic E-state index is 0.0903. The number of hydrogen-bond acceptors (Lipinski definition) is 7. The molecule has 0 saturated heterocycles. The largest absolute Gasteiger partial charge is 0.356 e. The van der Waals surface area contributed by atoms with Gasteiger partial charge in [0.05, 0.1) is 6.54 Å². The van der Waals surface area contributed by atoms with Crippen molar-refractivity contribution < 1.29 is 19.2 Å². The number of unbranched alkanes of at least 4 members (excludes halogenated alkanes) is 6. The van der Waals surface area contributed by atoms with Crippen molar-refractivity contribution in [3.63, 3.8) is 0 Å². The first kappa shape index (κ1) is 31.8. The fraction of sp³-hybridized carbons (Fsp3) is 0.826. The van der Waals surface area contributed by atoms with Crippen LogP contribution in [0.2, 0.25) is 0 Å². The molecule has 34 heavy (non-hydrogen) atoms. The van der Waals surface area contributed by atoms with E-state index < -0.39 is 11.9 Å².